The fourth-order valence-electron chi connectivity index (χ4n) is 3.46. The molecule has 0 bridgehead atoms. The monoisotopic (exact) mass is 477 g/mol. The van der Waals surface area contributed by atoms with Crippen LogP contribution < -0.4 is 15.0 Å². The highest BCUT2D eigenvalue weighted by Gasteiger charge is 2.29. The molecule has 1 heterocycles. The highest BCUT2D eigenvalue weighted by molar-refractivity contribution is 6.35. The van der Waals surface area contributed by atoms with Crippen LogP contribution in [0.15, 0.2) is 42.5 Å². The summed E-state index contributed by atoms with van der Waals surface area (Å²) in [4.78, 5) is 29.1. The zero-order valence-electron chi connectivity index (χ0n) is 18.8. The van der Waals surface area contributed by atoms with Crippen LogP contribution in [0.1, 0.15) is 27.7 Å². The summed E-state index contributed by atoms with van der Waals surface area (Å²) in [6.07, 6.45) is -0.734. The van der Waals surface area contributed by atoms with Crippen molar-refractivity contribution in [3.8, 4) is 5.75 Å². The summed E-state index contributed by atoms with van der Waals surface area (Å²) in [7, 11) is 0. The van der Waals surface area contributed by atoms with Gasteiger partial charge in [-0.15, -0.1) is 0 Å². The Morgan fingerprint density at radius 2 is 1.62 bits per heavy atom. The van der Waals surface area contributed by atoms with E-state index in [0.717, 1.165) is 18.8 Å². The average Bonchev–Trinajstić information content (AvgIpc) is 2.75. The van der Waals surface area contributed by atoms with Crippen molar-refractivity contribution in [2.24, 2.45) is 5.41 Å². The van der Waals surface area contributed by atoms with Crippen molar-refractivity contribution in [2.75, 3.05) is 36.4 Å². The molecule has 6 nitrogen and oxygen atoms in total. The number of carbonyl (C=O) groups excluding carboxylic acids is 2. The van der Waals surface area contributed by atoms with Gasteiger partial charge < -0.3 is 19.9 Å². The Morgan fingerprint density at radius 1 is 1.00 bits per heavy atom. The summed E-state index contributed by atoms with van der Waals surface area (Å²) in [6.45, 7) is 10.5. The minimum Gasteiger partial charge on any atom is -0.479 e. The molecule has 1 saturated heterocycles. The van der Waals surface area contributed by atoms with Crippen LogP contribution in [0.3, 0.4) is 0 Å². The van der Waals surface area contributed by atoms with Crippen LogP contribution in [0, 0.1) is 5.41 Å². The molecule has 1 aliphatic rings. The van der Waals surface area contributed by atoms with E-state index in [1.807, 2.05) is 49.9 Å². The molecule has 0 saturated carbocycles. The molecule has 1 fully saturated rings. The Hall–Kier alpha value is -2.44. The first kappa shape index (κ1) is 24.2. The van der Waals surface area contributed by atoms with E-state index in [1.54, 1.807) is 25.1 Å². The molecule has 2 aromatic carbocycles. The molecular formula is C24H29Cl2N3O3. The van der Waals surface area contributed by atoms with Gasteiger partial charge in [0.25, 0.3) is 5.91 Å². The van der Waals surface area contributed by atoms with Crippen molar-refractivity contribution in [3.05, 3.63) is 52.5 Å². The topological polar surface area (TPSA) is 61.9 Å². The van der Waals surface area contributed by atoms with Gasteiger partial charge in [-0.3, -0.25) is 9.59 Å². The number of amides is 2. The molecule has 2 aromatic rings. The van der Waals surface area contributed by atoms with E-state index in [2.05, 4.69) is 10.2 Å². The van der Waals surface area contributed by atoms with E-state index in [1.165, 1.54) is 0 Å². The smallest absolute Gasteiger partial charge is 0.265 e. The molecule has 1 aliphatic heterocycles. The maximum atomic E-state index is 12.5. The highest BCUT2D eigenvalue weighted by atomic mass is 35.5. The van der Waals surface area contributed by atoms with Gasteiger partial charge in [-0.05, 0) is 49.4 Å². The van der Waals surface area contributed by atoms with Gasteiger partial charge >= 0.3 is 0 Å². The van der Waals surface area contributed by atoms with Crippen LogP contribution in [0.4, 0.5) is 11.4 Å². The number of carbonyl (C=O) groups is 2. The van der Waals surface area contributed by atoms with Gasteiger partial charge in [0.15, 0.2) is 6.10 Å². The number of rotatable bonds is 5. The van der Waals surface area contributed by atoms with Crippen LogP contribution in [0.2, 0.25) is 10.0 Å². The molecule has 0 aromatic heterocycles. The molecule has 1 N–H and O–H groups in total. The van der Waals surface area contributed by atoms with Crippen molar-refractivity contribution in [3.63, 3.8) is 0 Å². The molecule has 1 unspecified atom stereocenters. The second-order valence-corrected chi connectivity index (χ2v) is 9.74. The van der Waals surface area contributed by atoms with Crippen LogP contribution in [-0.4, -0.2) is 49.0 Å². The van der Waals surface area contributed by atoms with E-state index in [9.17, 15) is 9.59 Å². The summed E-state index contributed by atoms with van der Waals surface area (Å²) in [5.74, 6) is 0.308. The van der Waals surface area contributed by atoms with Crippen molar-refractivity contribution in [1.82, 2.24) is 4.90 Å². The van der Waals surface area contributed by atoms with E-state index in [4.69, 9.17) is 27.9 Å². The average molecular weight is 478 g/mol. The van der Waals surface area contributed by atoms with Gasteiger partial charge in [-0.2, -0.15) is 0 Å². The highest BCUT2D eigenvalue weighted by Crippen LogP contribution is 2.28. The minimum atomic E-state index is -0.734. The van der Waals surface area contributed by atoms with E-state index in [-0.39, 0.29) is 17.2 Å². The second-order valence-electron chi connectivity index (χ2n) is 8.90. The Morgan fingerprint density at radius 3 is 2.19 bits per heavy atom. The maximum absolute atomic E-state index is 12.5. The lowest BCUT2D eigenvalue weighted by Crippen LogP contribution is -2.51. The maximum Gasteiger partial charge on any atom is 0.265 e. The molecule has 0 aliphatic carbocycles. The van der Waals surface area contributed by atoms with Gasteiger partial charge in [0.1, 0.15) is 5.75 Å². The summed E-state index contributed by atoms with van der Waals surface area (Å²) >= 11 is 12.0. The molecule has 172 valence electrons. The van der Waals surface area contributed by atoms with Gasteiger partial charge in [0, 0.05) is 48.0 Å². The number of benzene rings is 2. The van der Waals surface area contributed by atoms with Gasteiger partial charge in [0.2, 0.25) is 5.91 Å². The Labute approximate surface area is 199 Å². The lowest BCUT2D eigenvalue weighted by atomic mass is 9.94. The number of nitrogens with one attached hydrogen (secondary N) is 1. The van der Waals surface area contributed by atoms with Gasteiger partial charge in [0.05, 0.1) is 5.02 Å². The molecule has 2 amide bonds. The van der Waals surface area contributed by atoms with Crippen LogP contribution in [-0.2, 0) is 9.59 Å². The third kappa shape index (κ3) is 6.08. The van der Waals surface area contributed by atoms with Crippen LogP contribution >= 0.6 is 23.2 Å². The molecule has 1 atom stereocenters. The summed E-state index contributed by atoms with van der Waals surface area (Å²) < 4.78 is 5.66. The number of ether oxygens (including phenoxy) is 1. The normalized spacial score (nSPS) is 15.3. The Balaban J connectivity index is 1.53. The molecular weight excluding hydrogens is 449 g/mol. The Kier molecular flexibility index (Phi) is 7.57. The first-order valence-corrected chi connectivity index (χ1v) is 11.4. The number of piperazine rings is 1. The molecule has 32 heavy (non-hydrogen) atoms. The standard InChI is InChI=1S/C24H29Cl2N3O3/c1-16(32-21-10-5-17(25)15-20(21)26)22(30)27-18-6-8-19(9-7-18)28-11-13-29(14-12-28)23(31)24(2,3)4/h5-10,15-16H,11-14H2,1-4H3,(H,27,30). The Bertz CT molecular complexity index is 965. The largest absolute Gasteiger partial charge is 0.479 e. The lowest BCUT2D eigenvalue weighted by Gasteiger charge is -2.38. The summed E-state index contributed by atoms with van der Waals surface area (Å²) in [5.41, 5.74) is 1.38. The van der Waals surface area contributed by atoms with Crippen molar-refractivity contribution in [2.45, 2.75) is 33.8 Å². The molecule has 0 radical (unpaired) electrons. The fourth-order valence-corrected chi connectivity index (χ4v) is 3.91. The first-order valence-electron chi connectivity index (χ1n) is 10.6. The van der Waals surface area contributed by atoms with Crippen LogP contribution in [0.25, 0.3) is 0 Å². The third-order valence-corrected chi connectivity index (χ3v) is 5.81. The quantitative estimate of drug-likeness (QED) is 0.650. The number of nitrogens with zero attached hydrogens (tertiary/aromatic N) is 2. The zero-order valence-corrected chi connectivity index (χ0v) is 20.3. The van der Waals surface area contributed by atoms with Crippen molar-refractivity contribution < 1.29 is 14.3 Å². The number of hydrogen-bond acceptors (Lipinski definition) is 4. The number of anilines is 2. The first-order chi connectivity index (χ1) is 15.0. The summed E-state index contributed by atoms with van der Waals surface area (Å²) in [6, 6.07) is 12.5. The SMILES string of the molecule is CC(Oc1ccc(Cl)cc1Cl)C(=O)Nc1ccc(N2CCN(C(=O)C(C)(C)C)CC2)cc1. The van der Waals surface area contributed by atoms with Crippen molar-refractivity contribution in [1.29, 1.82) is 0 Å². The van der Waals surface area contributed by atoms with Crippen LogP contribution in [0.5, 0.6) is 5.75 Å². The predicted octanol–water partition coefficient (Wildman–Crippen LogP) is 5.09. The van der Waals surface area contributed by atoms with Gasteiger partial charge in [-0.25, -0.2) is 0 Å². The van der Waals surface area contributed by atoms with E-state index in [0.29, 0.717) is 34.6 Å². The molecule has 8 heteroatoms. The molecule has 3 rings (SSSR count). The fraction of sp³-hybridized carbons (Fsp3) is 0.417. The molecule has 0 spiro atoms. The number of halogens is 2. The van der Waals surface area contributed by atoms with E-state index >= 15 is 0 Å². The van der Waals surface area contributed by atoms with Crippen molar-refractivity contribution >= 4 is 46.4 Å². The number of hydrogen-bond donors (Lipinski definition) is 1. The van der Waals surface area contributed by atoms with E-state index < -0.39 is 6.10 Å². The van der Waals surface area contributed by atoms with Gasteiger partial charge in [-0.1, -0.05) is 44.0 Å². The zero-order chi connectivity index (χ0) is 23.5. The second kappa shape index (κ2) is 10.0. The lowest BCUT2D eigenvalue weighted by molar-refractivity contribution is -0.139. The third-order valence-electron chi connectivity index (χ3n) is 5.28. The minimum absolute atomic E-state index is 0.187. The summed E-state index contributed by atoms with van der Waals surface area (Å²) in [5, 5.41) is 3.71. The predicted molar refractivity (Wildman–Crippen MR) is 130 cm³/mol.